The number of benzene rings is 1. The van der Waals surface area contributed by atoms with E-state index in [1.807, 2.05) is 6.92 Å². The maximum atomic E-state index is 14.5. The van der Waals surface area contributed by atoms with Gasteiger partial charge < -0.3 is 10.1 Å². The van der Waals surface area contributed by atoms with Crippen LogP contribution in [-0.2, 0) is 4.74 Å². The van der Waals surface area contributed by atoms with E-state index < -0.39 is 0 Å². The summed E-state index contributed by atoms with van der Waals surface area (Å²) in [5.74, 6) is -0.615. The number of hydrogen-bond acceptors (Lipinski definition) is 4. The van der Waals surface area contributed by atoms with Crippen molar-refractivity contribution in [3.05, 3.63) is 55.9 Å². The van der Waals surface area contributed by atoms with Gasteiger partial charge in [0.05, 0.1) is 28.0 Å². The molecule has 1 aliphatic rings. The highest BCUT2D eigenvalue weighted by Crippen LogP contribution is 2.31. The Morgan fingerprint density at radius 3 is 2.88 bits per heavy atom. The van der Waals surface area contributed by atoms with Gasteiger partial charge in [-0.3, -0.25) is 9.69 Å². The Hall–Kier alpha value is -1.18. The highest BCUT2D eigenvalue weighted by Gasteiger charge is 2.29. The number of carbonyl (C=O) groups is 1. The van der Waals surface area contributed by atoms with Gasteiger partial charge in [0.1, 0.15) is 5.82 Å². The Kier molecular flexibility index (Phi) is 6.53. The van der Waals surface area contributed by atoms with Gasteiger partial charge in [0.15, 0.2) is 0 Å². The molecule has 0 bridgehead atoms. The third-order valence-corrected chi connectivity index (χ3v) is 5.86. The molecule has 0 saturated carbocycles. The smallest absolute Gasteiger partial charge is 0.261 e. The van der Waals surface area contributed by atoms with Crippen molar-refractivity contribution in [2.45, 2.75) is 19.1 Å². The second-order valence-corrected chi connectivity index (χ2v) is 8.26. The van der Waals surface area contributed by atoms with E-state index >= 15 is 0 Å². The average molecular weight is 417 g/mol. The third kappa shape index (κ3) is 4.56. The SMILES string of the molecule is CC1CN(C(CNC(=O)c2ccc(Cl)s2)c2c(F)cccc2Cl)CCO1. The van der Waals surface area contributed by atoms with Crippen LogP contribution in [0.2, 0.25) is 9.36 Å². The molecular weight excluding hydrogens is 398 g/mol. The van der Waals surface area contributed by atoms with E-state index in [2.05, 4.69) is 10.2 Å². The van der Waals surface area contributed by atoms with Gasteiger partial charge >= 0.3 is 0 Å². The number of carbonyl (C=O) groups excluding carboxylic acids is 1. The summed E-state index contributed by atoms with van der Waals surface area (Å²) in [5, 5.41) is 3.23. The molecule has 2 aromatic rings. The van der Waals surface area contributed by atoms with Crippen LogP contribution < -0.4 is 5.32 Å². The van der Waals surface area contributed by atoms with E-state index in [0.717, 1.165) is 0 Å². The summed E-state index contributed by atoms with van der Waals surface area (Å²) in [6.07, 6.45) is 0.0311. The number of hydrogen-bond donors (Lipinski definition) is 1. The maximum absolute atomic E-state index is 14.5. The number of thiophene rings is 1. The molecule has 1 aromatic carbocycles. The summed E-state index contributed by atoms with van der Waals surface area (Å²) in [4.78, 5) is 15.0. The topological polar surface area (TPSA) is 41.6 Å². The molecule has 1 N–H and O–H groups in total. The zero-order chi connectivity index (χ0) is 18.7. The third-order valence-electron chi connectivity index (χ3n) is 4.30. The van der Waals surface area contributed by atoms with Crippen LogP contribution in [0.15, 0.2) is 30.3 Å². The summed E-state index contributed by atoms with van der Waals surface area (Å²) in [6, 6.07) is 7.60. The van der Waals surface area contributed by atoms with E-state index in [1.165, 1.54) is 17.4 Å². The van der Waals surface area contributed by atoms with Crippen LogP contribution in [0.25, 0.3) is 0 Å². The van der Waals surface area contributed by atoms with Crippen molar-refractivity contribution in [2.24, 2.45) is 0 Å². The first kappa shape index (κ1) is 19.6. The zero-order valence-electron chi connectivity index (χ0n) is 14.2. The summed E-state index contributed by atoms with van der Waals surface area (Å²) in [7, 11) is 0. The summed E-state index contributed by atoms with van der Waals surface area (Å²) in [6.45, 7) is 4.04. The molecule has 4 nitrogen and oxygen atoms in total. The summed E-state index contributed by atoms with van der Waals surface area (Å²) in [5.41, 5.74) is 0.396. The minimum absolute atomic E-state index is 0.0311. The highest BCUT2D eigenvalue weighted by molar-refractivity contribution is 7.17. The zero-order valence-corrected chi connectivity index (χ0v) is 16.5. The molecule has 26 heavy (non-hydrogen) atoms. The molecule has 3 rings (SSSR count). The molecular formula is C18H19Cl2FN2O2S. The van der Waals surface area contributed by atoms with Crippen molar-refractivity contribution in [3.8, 4) is 0 Å². The fraction of sp³-hybridized carbons (Fsp3) is 0.389. The summed E-state index contributed by atoms with van der Waals surface area (Å²) >= 11 is 13.4. The van der Waals surface area contributed by atoms with Crippen molar-refractivity contribution in [2.75, 3.05) is 26.2 Å². The molecule has 1 aromatic heterocycles. The lowest BCUT2D eigenvalue weighted by molar-refractivity contribution is -0.0346. The van der Waals surface area contributed by atoms with E-state index in [1.54, 1.807) is 24.3 Å². The molecule has 0 radical (unpaired) electrons. The predicted octanol–water partition coefficient (Wildman–Crippen LogP) is 4.39. The van der Waals surface area contributed by atoms with Gasteiger partial charge in [-0.05, 0) is 31.2 Å². The van der Waals surface area contributed by atoms with Crippen LogP contribution in [-0.4, -0.2) is 43.2 Å². The number of nitrogens with one attached hydrogen (secondary N) is 1. The van der Waals surface area contributed by atoms with Crippen LogP contribution in [0, 0.1) is 5.82 Å². The van der Waals surface area contributed by atoms with E-state index in [4.69, 9.17) is 27.9 Å². The quantitative estimate of drug-likeness (QED) is 0.785. The molecule has 2 unspecified atom stereocenters. The molecule has 1 fully saturated rings. The van der Waals surface area contributed by atoms with Gasteiger partial charge in [0.25, 0.3) is 5.91 Å². The molecule has 0 aliphatic carbocycles. The Morgan fingerprint density at radius 1 is 1.42 bits per heavy atom. The minimum Gasteiger partial charge on any atom is -0.376 e. The number of amides is 1. The molecule has 1 aliphatic heterocycles. The van der Waals surface area contributed by atoms with Crippen LogP contribution in [0.1, 0.15) is 28.2 Å². The molecule has 2 heterocycles. The second kappa shape index (κ2) is 8.67. The van der Waals surface area contributed by atoms with Crippen LogP contribution in [0.4, 0.5) is 4.39 Å². The first-order valence-corrected chi connectivity index (χ1v) is 9.86. The maximum Gasteiger partial charge on any atom is 0.261 e. The van der Waals surface area contributed by atoms with Gasteiger partial charge in [-0.25, -0.2) is 4.39 Å². The number of halogens is 3. The van der Waals surface area contributed by atoms with E-state index in [-0.39, 0.29) is 30.4 Å². The number of nitrogens with zero attached hydrogens (tertiary/aromatic N) is 1. The van der Waals surface area contributed by atoms with E-state index in [9.17, 15) is 9.18 Å². The summed E-state index contributed by atoms with van der Waals surface area (Å²) < 4.78 is 20.7. The lowest BCUT2D eigenvalue weighted by Gasteiger charge is -2.38. The molecule has 1 amide bonds. The fourth-order valence-corrected chi connectivity index (χ4v) is 4.33. The monoisotopic (exact) mass is 416 g/mol. The van der Waals surface area contributed by atoms with Gasteiger partial charge in [-0.2, -0.15) is 0 Å². The molecule has 2 atom stereocenters. The van der Waals surface area contributed by atoms with Crippen molar-refractivity contribution < 1.29 is 13.9 Å². The van der Waals surface area contributed by atoms with Gasteiger partial charge in [0.2, 0.25) is 0 Å². The Balaban J connectivity index is 1.82. The molecule has 0 spiro atoms. The minimum atomic E-state index is -0.380. The number of morpholine rings is 1. The molecule has 140 valence electrons. The van der Waals surface area contributed by atoms with E-state index in [0.29, 0.717) is 39.5 Å². The molecule has 1 saturated heterocycles. The standard InChI is InChI=1S/C18H19Cl2FN2O2S/c1-11-10-23(7-8-25-11)14(17-12(19)3-2-4-13(17)21)9-22-18(24)15-5-6-16(20)26-15/h2-6,11,14H,7-10H2,1H3,(H,22,24). The van der Waals surface area contributed by atoms with Crippen LogP contribution in [0.3, 0.4) is 0 Å². The van der Waals surface area contributed by atoms with Crippen molar-refractivity contribution in [3.63, 3.8) is 0 Å². The van der Waals surface area contributed by atoms with Crippen molar-refractivity contribution in [1.82, 2.24) is 10.2 Å². The first-order chi connectivity index (χ1) is 12.5. The average Bonchev–Trinajstić information content (AvgIpc) is 3.03. The van der Waals surface area contributed by atoms with Gasteiger partial charge in [-0.1, -0.05) is 29.3 Å². The van der Waals surface area contributed by atoms with Crippen molar-refractivity contribution in [1.29, 1.82) is 0 Å². The largest absolute Gasteiger partial charge is 0.376 e. The predicted molar refractivity (Wildman–Crippen MR) is 103 cm³/mol. The Morgan fingerprint density at radius 2 is 2.23 bits per heavy atom. The highest BCUT2D eigenvalue weighted by atomic mass is 35.5. The van der Waals surface area contributed by atoms with Gasteiger partial charge in [0, 0.05) is 30.2 Å². The number of rotatable bonds is 5. The van der Waals surface area contributed by atoms with Crippen LogP contribution >= 0.6 is 34.5 Å². The Bertz CT molecular complexity index is 766. The lowest BCUT2D eigenvalue weighted by Crippen LogP contribution is -2.46. The lowest BCUT2D eigenvalue weighted by atomic mass is 10.0. The fourth-order valence-electron chi connectivity index (χ4n) is 3.08. The Labute approximate surface area is 165 Å². The first-order valence-electron chi connectivity index (χ1n) is 8.29. The second-order valence-electron chi connectivity index (χ2n) is 6.14. The number of ether oxygens (including phenoxy) is 1. The van der Waals surface area contributed by atoms with Crippen LogP contribution in [0.5, 0.6) is 0 Å². The van der Waals surface area contributed by atoms with Gasteiger partial charge in [-0.15, -0.1) is 11.3 Å². The molecule has 8 heteroatoms. The van der Waals surface area contributed by atoms with Crippen molar-refractivity contribution >= 4 is 40.4 Å². The normalized spacial score (nSPS) is 19.3.